The molecule has 0 aromatic rings. The lowest BCUT2D eigenvalue weighted by Gasteiger charge is -2.28. The van der Waals surface area contributed by atoms with Crippen LogP contribution in [-0.2, 0) is 19.2 Å². The van der Waals surface area contributed by atoms with E-state index < -0.39 is 60.1 Å². The lowest BCUT2D eigenvalue weighted by Crippen LogP contribution is -2.61. The van der Waals surface area contributed by atoms with Gasteiger partial charge in [-0.1, -0.05) is 20.3 Å². The molecule has 162 valence electrons. The minimum Gasteiger partial charge on any atom is -0.480 e. The van der Waals surface area contributed by atoms with Gasteiger partial charge < -0.3 is 37.0 Å². The summed E-state index contributed by atoms with van der Waals surface area (Å²) in [6.45, 7) is 7.33. The van der Waals surface area contributed by atoms with E-state index in [0.717, 1.165) is 0 Å². The van der Waals surface area contributed by atoms with E-state index in [1.165, 1.54) is 20.8 Å². The molecule has 8 N–H and O–H groups in total. The van der Waals surface area contributed by atoms with Gasteiger partial charge in [0.2, 0.25) is 17.7 Å². The topological polar surface area (TPSA) is 191 Å². The van der Waals surface area contributed by atoms with E-state index in [1.807, 2.05) is 0 Å². The van der Waals surface area contributed by atoms with E-state index in [1.54, 1.807) is 13.8 Å². The Hall–Kier alpha value is -2.24. The molecular formula is C17H32N4O7. The molecule has 0 heterocycles. The number of aliphatic hydroxyl groups excluding tert-OH is 2. The van der Waals surface area contributed by atoms with Crippen LogP contribution in [0.15, 0.2) is 0 Å². The van der Waals surface area contributed by atoms with Crippen molar-refractivity contribution in [3.05, 3.63) is 0 Å². The summed E-state index contributed by atoms with van der Waals surface area (Å²) in [6.07, 6.45) is -1.99. The first kappa shape index (κ1) is 25.8. The Morgan fingerprint density at radius 3 is 1.68 bits per heavy atom. The van der Waals surface area contributed by atoms with Gasteiger partial charge in [0.1, 0.15) is 24.2 Å². The van der Waals surface area contributed by atoms with Crippen LogP contribution in [0.3, 0.4) is 0 Å². The highest BCUT2D eigenvalue weighted by Crippen LogP contribution is 2.09. The molecule has 0 aliphatic carbocycles. The van der Waals surface area contributed by atoms with Crippen LogP contribution in [0.25, 0.3) is 0 Å². The van der Waals surface area contributed by atoms with Crippen LogP contribution in [0.2, 0.25) is 0 Å². The van der Waals surface area contributed by atoms with Crippen molar-refractivity contribution < 1.29 is 34.5 Å². The van der Waals surface area contributed by atoms with Gasteiger partial charge in [-0.2, -0.15) is 0 Å². The lowest BCUT2D eigenvalue weighted by molar-refractivity contribution is -0.142. The van der Waals surface area contributed by atoms with Gasteiger partial charge >= 0.3 is 5.97 Å². The number of amides is 3. The highest BCUT2D eigenvalue weighted by atomic mass is 16.4. The average Bonchev–Trinajstić information content (AvgIpc) is 2.61. The number of nitrogens with one attached hydrogen (secondary N) is 3. The first-order valence-electron chi connectivity index (χ1n) is 9.09. The van der Waals surface area contributed by atoms with Crippen LogP contribution in [0.5, 0.6) is 0 Å². The molecule has 0 aliphatic rings. The Morgan fingerprint density at radius 1 is 0.821 bits per heavy atom. The second-order valence-corrected chi connectivity index (χ2v) is 6.93. The number of carbonyl (C=O) groups is 4. The van der Waals surface area contributed by atoms with E-state index in [0.29, 0.717) is 6.42 Å². The largest absolute Gasteiger partial charge is 0.480 e. The van der Waals surface area contributed by atoms with E-state index in [4.69, 9.17) is 10.8 Å². The van der Waals surface area contributed by atoms with Gasteiger partial charge in [-0.05, 0) is 26.7 Å². The summed E-state index contributed by atoms with van der Waals surface area (Å²) >= 11 is 0. The second-order valence-electron chi connectivity index (χ2n) is 6.93. The quantitative estimate of drug-likeness (QED) is 0.199. The minimum atomic E-state index is -1.42. The Labute approximate surface area is 164 Å². The van der Waals surface area contributed by atoms with Gasteiger partial charge in [0, 0.05) is 0 Å². The van der Waals surface area contributed by atoms with Crippen molar-refractivity contribution in [2.24, 2.45) is 11.7 Å². The molecule has 0 fully saturated rings. The van der Waals surface area contributed by atoms with Crippen molar-refractivity contribution >= 4 is 23.7 Å². The first-order valence-corrected chi connectivity index (χ1v) is 9.09. The molecular weight excluding hydrogens is 372 g/mol. The van der Waals surface area contributed by atoms with Crippen LogP contribution in [0.1, 0.15) is 41.0 Å². The number of carboxylic acid groups (broad SMARTS) is 1. The molecule has 0 bridgehead atoms. The zero-order chi connectivity index (χ0) is 22.2. The van der Waals surface area contributed by atoms with Crippen LogP contribution >= 0.6 is 0 Å². The van der Waals surface area contributed by atoms with Gasteiger partial charge in [-0.3, -0.25) is 19.2 Å². The van der Waals surface area contributed by atoms with Crippen molar-refractivity contribution in [1.29, 1.82) is 0 Å². The van der Waals surface area contributed by atoms with Crippen molar-refractivity contribution in [2.45, 2.75) is 77.4 Å². The fraction of sp³-hybridized carbons (Fsp3) is 0.765. The number of aliphatic carboxylic acids is 1. The van der Waals surface area contributed by atoms with E-state index in [2.05, 4.69) is 16.0 Å². The molecule has 11 nitrogen and oxygen atoms in total. The van der Waals surface area contributed by atoms with Gasteiger partial charge in [-0.15, -0.1) is 0 Å². The zero-order valence-corrected chi connectivity index (χ0v) is 16.8. The normalized spacial score (nSPS) is 18.6. The van der Waals surface area contributed by atoms with Crippen LogP contribution in [-0.4, -0.2) is 75.4 Å². The molecule has 0 aromatic carbocycles. The zero-order valence-electron chi connectivity index (χ0n) is 16.8. The number of aliphatic hydroxyl groups is 2. The number of carbonyl (C=O) groups excluding carboxylic acids is 3. The first-order chi connectivity index (χ1) is 12.8. The Bertz CT molecular complexity index is 568. The monoisotopic (exact) mass is 404 g/mol. The smallest absolute Gasteiger partial charge is 0.325 e. The summed E-state index contributed by atoms with van der Waals surface area (Å²) in [6, 6.07) is -4.97. The molecule has 0 saturated heterocycles. The number of rotatable bonds is 11. The third-order valence-corrected chi connectivity index (χ3v) is 4.41. The molecule has 11 heteroatoms. The molecule has 0 aliphatic heterocycles. The molecule has 3 amide bonds. The molecule has 7 unspecified atom stereocenters. The number of hydrogen-bond acceptors (Lipinski definition) is 7. The maximum Gasteiger partial charge on any atom is 0.325 e. The molecule has 0 spiro atoms. The van der Waals surface area contributed by atoms with Crippen LogP contribution in [0, 0.1) is 5.92 Å². The fourth-order valence-corrected chi connectivity index (χ4v) is 2.18. The molecule has 28 heavy (non-hydrogen) atoms. The summed E-state index contributed by atoms with van der Waals surface area (Å²) in [7, 11) is 0. The predicted octanol–water partition coefficient (Wildman–Crippen LogP) is -2.32. The Balaban J connectivity index is 5.35. The van der Waals surface area contributed by atoms with Gasteiger partial charge in [-0.25, -0.2) is 0 Å². The van der Waals surface area contributed by atoms with Crippen molar-refractivity contribution in [3.63, 3.8) is 0 Å². The van der Waals surface area contributed by atoms with Crippen molar-refractivity contribution in [2.75, 3.05) is 0 Å². The number of hydrogen-bond donors (Lipinski definition) is 7. The predicted molar refractivity (Wildman–Crippen MR) is 99.9 cm³/mol. The molecule has 7 atom stereocenters. The standard InChI is InChI=1S/C17H32N4O7/c1-6-7(2)12(15(25)19-8(3)17(27)28)20-16(26)13(10(5)23)21-14(24)11(18)9(4)22/h7-13,22-23H,6,18H2,1-5H3,(H,19,25)(H,20,26)(H,21,24)(H,27,28). The maximum atomic E-state index is 12.6. The third kappa shape index (κ3) is 7.79. The number of carboxylic acids is 1. The summed E-state index contributed by atoms with van der Waals surface area (Å²) in [5.74, 6) is -3.97. The van der Waals surface area contributed by atoms with Gasteiger partial charge in [0.05, 0.1) is 12.2 Å². The Kier molecular flexibility index (Phi) is 10.6. The SMILES string of the molecule is CCC(C)C(NC(=O)C(NC(=O)C(N)C(C)O)C(C)O)C(=O)NC(C)C(=O)O. The fourth-order valence-electron chi connectivity index (χ4n) is 2.18. The minimum absolute atomic E-state index is 0.352. The second kappa shape index (κ2) is 11.6. The summed E-state index contributed by atoms with van der Waals surface area (Å²) in [5.41, 5.74) is 5.52. The highest BCUT2D eigenvalue weighted by Gasteiger charge is 2.34. The maximum absolute atomic E-state index is 12.6. The molecule has 0 rings (SSSR count). The molecule has 0 saturated carbocycles. The summed E-state index contributed by atoms with van der Waals surface area (Å²) < 4.78 is 0. The summed E-state index contributed by atoms with van der Waals surface area (Å²) in [5, 5.41) is 35.2. The summed E-state index contributed by atoms with van der Waals surface area (Å²) in [4.78, 5) is 47.9. The molecule has 0 aromatic heterocycles. The van der Waals surface area contributed by atoms with Gasteiger partial charge in [0.15, 0.2) is 0 Å². The van der Waals surface area contributed by atoms with E-state index in [-0.39, 0.29) is 5.92 Å². The molecule has 0 radical (unpaired) electrons. The highest BCUT2D eigenvalue weighted by molar-refractivity contribution is 5.94. The van der Waals surface area contributed by atoms with Gasteiger partial charge in [0.25, 0.3) is 0 Å². The lowest BCUT2D eigenvalue weighted by atomic mass is 9.97. The average molecular weight is 404 g/mol. The van der Waals surface area contributed by atoms with Crippen LogP contribution in [0.4, 0.5) is 0 Å². The van der Waals surface area contributed by atoms with Crippen molar-refractivity contribution in [1.82, 2.24) is 16.0 Å². The third-order valence-electron chi connectivity index (χ3n) is 4.41. The van der Waals surface area contributed by atoms with E-state index >= 15 is 0 Å². The van der Waals surface area contributed by atoms with Crippen molar-refractivity contribution in [3.8, 4) is 0 Å². The van der Waals surface area contributed by atoms with Crippen LogP contribution < -0.4 is 21.7 Å². The number of nitrogens with two attached hydrogens (primary N) is 1. The Morgan fingerprint density at radius 2 is 1.29 bits per heavy atom. The van der Waals surface area contributed by atoms with E-state index in [9.17, 15) is 29.4 Å².